The third-order valence-corrected chi connectivity index (χ3v) is 2.38. The predicted molar refractivity (Wildman–Crippen MR) is 58.7 cm³/mol. The molecule has 2 nitrogen and oxygen atoms in total. The van der Waals surface area contributed by atoms with Gasteiger partial charge < -0.3 is 4.74 Å². The van der Waals surface area contributed by atoms with Crippen LogP contribution in [0.5, 0.6) is 0 Å². The number of thiophene rings is 1. The van der Waals surface area contributed by atoms with Crippen LogP contribution >= 0.6 is 11.3 Å². The summed E-state index contributed by atoms with van der Waals surface area (Å²) in [7, 11) is 0. The Labute approximate surface area is 88.9 Å². The van der Waals surface area contributed by atoms with Crippen molar-refractivity contribution in [2.45, 2.75) is 32.8 Å². The van der Waals surface area contributed by atoms with Gasteiger partial charge in [0.25, 0.3) is 0 Å². The van der Waals surface area contributed by atoms with Gasteiger partial charge in [-0.05, 0) is 43.2 Å². The highest BCUT2D eigenvalue weighted by molar-refractivity contribution is 7.07. The maximum absolute atomic E-state index is 11.4. The third kappa shape index (κ3) is 4.53. The first-order chi connectivity index (χ1) is 6.47. The van der Waals surface area contributed by atoms with E-state index >= 15 is 0 Å². The Balaban J connectivity index is 2.30. The van der Waals surface area contributed by atoms with E-state index in [9.17, 15) is 4.79 Å². The minimum atomic E-state index is -0.232. The number of hydrogen-bond acceptors (Lipinski definition) is 3. The van der Waals surface area contributed by atoms with Gasteiger partial charge in [-0.25, -0.2) is 0 Å². The molecule has 0 unspecified atom stereocenters. The molecule has 0 aromatic carbocycles. The van der Waals surface area contributed by atoms with Crippen LogP contribution in [0.4, 0.5) is 0 Å². The molecule has 0 N–H and O–H groups in total. The lowest BCUT2D eigenvalue weighted by Crippen LogP contribution is -2.24. The van der Waals surface area contributed by atoms with Gasteiger partial charge in [0.2, 0.25) is 0 Å². The van der Waals surface area contributed by atoms with E-state index in [1.807, 2.05) is 37.6 Å². The van der Waals surface area contributed by atoms with Gasteiger partial charge >= 0.3 is 0 Å². The second-order valence-electron chi connectivity index (χ2n) is 4.25. The molecule has 0 amide bonds. The Bertz CT molecular complexity index is 283. The molecule has 0 aliphatic heterocycles. The van der Waals surface area contributed by atoms with Gasteiger partial charge in [-0.15, -0.1) is 0 Å². The zero-order chi connectivity index (χ0) is 10.6. The molecule has 0 atom stereocenters. The molecule has 0 aliphatic rings. The minimum Gasteiger partial charge on any atom is -0.368 e. The summed E-state index contributed by atoms with van der Waals surface area (Å²) in [5.41, 5.74) is 0.849. The third-order valence-electron chi connectivity index (χ3n) is 1.65. The average Bonchev–Trinajstić information content (AvgIpc) is 2.52. The second-order valence-corrected chi connectivity index (χ2v) is 5.03. The van der Waals surface area contributed by atoms with E-state index in [0.717, 1.165) is 5.56 Å². The van der Waals surface area contributed by atoms with Crippen LogP contribution in [0.1, 0.15) is 26.3 Å². The first kappa shape index (κ1) is 11.4. The Morgan fingerprint density at radius 2 is 2.21 bits per heavy atom. The SMILES string of the molecule is CC(C)(C)OCC(=O)Cc1ccsc1. The standard InChI is InChI=1S/C11H16O2S/c1-11(2,3)13-7-10(12)6-9-4-5-14-8-9/h4-5,8H,6-7H2,1-3H3. The van der Waals surface area contributed by atoms with Crippen LogP contribution in [0.2, 0.25) is 0 Å². The fourth-order valence-electron chi connectivity index (χ4n) is 0.969. The molecule has 0 radical (unpaired) electrons. The molecule has 0 saturated heterocycles. The number of hydrogen-bond donors (Lipinski definition) is 0. The molecule has 1 aromatic rings. The summed E-state index contributed by atoms with van der Waals surface area (Å²) in [6, 6.07) is 1.97. The Morgan fingerprint density at radius 1 is 1.50 bits per heavy atom. The lowest BCUT2D eigenvalue weighted by Gasteiger charge is -2.18. The number of Topliss-reactive ketones (excluding diaryl/α,β-unsaturated/α-hetero) is 1. The quantitative estimate of drug-likeness (QED) is 0.767. The Morgan fingerprint density at radius 3 is 2.71 bits per heavy atom. The number of ketones is 1. The summed E-state index contributed by atoms with van der Waals surface area (Å²) in [5.74, 6) is 0.137. The summed E-state index contributed by atoms with van der Waals surface area (Å²) in [4.78, 5) is 11.4. The van der Waals surface area contributed by atoms with E-state index < -0.39 is 0 Å². The monoisotopic (exact) mass is 212 g/mol. The van der Waals surface area contributed by atoms with E-state index in [4.69, 9.17) is 4.74 Å². The summed E-state index contributed by atoms with van der Waals surface area (Å²) < 4.78 is 5.39. The highest BCUT2D eigenvalue weighted by atomic mass is 32.1. The Hall–Kier alpha value is -0.670. The van der Waals surface area contributed by atoms with Crippen LogP contribution in [-0.2, 0) is 16.0 Å². The van der Waals surface area contributed by atoms with Crippen LogP contribution in [0.15, 0.2) is 16.8 Å². The van der Waals surface area contributed by atoms with Gasteiger partial charge in [-0.3, -0.25) is 4.79 Å². The van der Waals surface area contributed by atoms with Crippen molar-refractivity contribution in [1.82, 2.24) is 0 Å². The molecule has 3 heteroatoms. The maximum Gasteiger partial charge on any atom is 0.162 e. The van der Waals surface area contributed by atoms with E-state index in [1.54, 1.807) is 11.3 Å². The molecule has 1 heterocycles. The summed E-state index contributed by atoms with van der Waals surface area (Å²) in [6.45, 7) is 6.06. The summed E-state index contributed by atoms with van der Waals surface area (Å²) in [6.07, 6.45) is 0.486. The molecule has 0 aliphatic carbocycles. The van der Waals surface area contributed by atoms with Crippen molar-refractivity contribution < 1.29 is 9.53 Å². The molecule has 0 spiro atoms. The van der Waals surface area contributed by atoms with Crippen LogP contribution in [0.3, 0.4) is 0 Å². The predicted octanol–water partition coefficient (Wildman–Crippen LogP) is 2.67. The van der Waals surface area contributed by atoms with E-state index in [1.165, 1.54) is 0 Å². The molecule has 0 fully saturated rings. The summed E-state index contributed by atoms with van der Waals surface area (Å²) in [5, 5.41) is 3.97. The van der Waals surface area contributed by atoms with Gasteiger partial charge in [0, 0.05) is 6.42 Å². The fourth-order valence-corrected chi connectivity index (χ4v) is 1.64. The van der Waals surface area contributed by atoms with Gasteiger partial charge in [-0.2, -0.15) is 11.3 Å². The molecular formula is C11H16O2S. The maximum atomic E-state index is 11.4. The van der Waals surface area contributed by atoms with E-state index in [2.05, 4.69) is 0 Å². The van der Waals surface area contributed by atoms with Crippen molar-refractivity contribution in [1.29, 1.82) is 0 Å². The lowest BCUT2D eigenvalue weighted by atomic mass is 10.1. The first-order valence-electron chi connectivity index (χ1n) is 4.64. The molecule has 0 bridgehead atoms. The number of ether oxygens (including phenoxy) is 1. The van der Waals surface area contributed by atoms with E-state index in [0.29, 0.717) is 6.42 Å². The van der Waals surface area contributed by atoms with Crippen molar-refractivity contribution in [3.63, 3.8) is 0 Å². The summed E-state index contributed by atoms with van der Waals surface area (Å²) >= 11 is 1.61. The topological polar surface area (TPSA) is 26.3 Å². The van der Waals surface area contributed by atoms with Crippen molar-refractivity contribution in [3.05, 3.63) is 22.4 Å². The van der Waals surface area contributed by atoms with Crippen LogP contribution in [0.25, 0.3) is 0 Å². The minimum absolute atomic E-state index is 0.137. The second kappa shape index (κ2) is 4.71. The van der Waals surface area contributed by atoms with Crippen molar-refractivity contribution in [3.8, 4) is 0 Å². The zero-order valence-electron chi connectivity index (χ0n) is 8.87. The van der Waals surface area contributed by atoms with Crippen molar-refractivity contribution in [2.75, 3.05) is 6.61 Å². The molecule has 14 heavy (non-hydrogen) atoms. The van der Waals surface area contributed by atoms with Crippen molar-refractivity contribution >= 4 is 17.1 Å². The molecule has 78 valence electrons. The van der Waals surface area contributed by atoms with Crippen molar-refractivity contribution in [2.24, 2.45) is 0 Å². The fraction of sp³-hybridized carbons (Fsp3) is 0.545. The van der Waals surface area contributed by atoms with Gasteiger partial charge in [0.05, 0.1) is 5.60 Å². The highest BCUT2D eigenvalue weighted by Crippen LogP contribution is 2.09. The number of carbonyl (C=O) groups excluding carboxylic acids is 1. The first-order valence-corrected chi connectivity index (χ1v) is 5.58. The molecule has 1 aromatic heterocycles. The van der Waals surface area contributed by atoms with Gasteiger partial charge in [0.1, 0.15) is 6.61 Å². The molecular weight excluding hydrogens is 196 g/mol. The van der Waals surface area contributed by atoms with Crippen LogP contribution in [-0.4, -0.2) is 18.0 Å². The molecule has 0 saturated carbocycles. The van der Waals surface area contributed by atoms with Crippen LogP contribution < -0.4 is 0 Å². The molecule has 1 rings (SSSR count). The average molecular weight is 212 g/mol. The number of rotatable bonds is 4. The largest absolute Gasteiger partial charge is 0.368 e. The smallest absolute Gasteiger partial charge is 0.162 e. The van der Waals surface area contributed by atoms with Crippen LogP contribution in [0, 0.1) is 0 Å². The highest BCUT2D eigenvalue weighted by Gasteiger charge is 2.13. The van der Waals surface area contributed by atoms with E-state index in [-0.39, 0.29) is 18.0 Å². The normalized spacial score (nSPS) is 11.6. The zero-order valence-corrected chi connectivity index (χ0v) is 9.69. The lowest BCUT2D eigenvalue weighted by molar-refractivity contribution is -0.127. The van der Waals surface area contributed by atoms with Gasteiger partial charge in [-0.1, -0.05) is 0 Å². The number of carbonyl (C=O) groups is 1. The van der Waals surface area contributed by atoms with Gasteiger partial charge in [0.15, 0.2) is 5.78 Å². The Kier molecular flexibility index (Phi) is 3.84.